The quantitative estimate of drug-likeness (QED) is 0.530. The Labute approximate surface area is 177 Å². The standard InChI is InChI=1S/C20H15BrF3N3O3/c1-11-17(21)18(20(22,23)24)25-27(11)14-5-3-4-12(8-14)19(28)26(2)13-6-7-15-16(9-13)30-10-29-15/h3-9H,10H2,1-2H3. The molecule has 6 nitrogen and oxygen atoms in total. The number of benzene rings is 2. The number of alkyl halides is 3. The molecule has 1 amide bonds. The molecule has 0 saturated heterocycles. The van der Waals surface area contributed by atoms with Crippen LogP contribution in [0.2, 0.25) is 0 Å². The predicted octanol–water partition coefficient (Wildman–Crippen LogP) is 4.97. The number of rotatable bonds is 3. The van der Waals surface area contributed by atoms with Gasteiger partial charge in [-0.25, -0.2) is 4.68 Å². The molecule has 1 aromatic heterocycles. The van der Waals surface area contributed by atoms with Crippen molar-refractivity contribution >= 4 is 27.5 Å². The summed E-state index contributed by atoms with van der Waals surface area (Å²) in [7, 11) is 1.60. The second kappa shape index (κ2) is 7.35. The van der Waals surface area contributed by atoms with Gasteiger partial charge in [-0.15, -0.1) is 0 Å². The lowest BCUT2D eigenvalue weighted by atomic mass is 10.1. The third-order valence-electron chi connectivity index (χ3n) is 4.70. The molecule has 1 aliphatic rings. The normalized spacial score (nSPS) is 12.9. The molecule has 0 spiro atoms. The Kier molecular flexibility index (Phi) is 4.97. The highest BCUT2D eigenvalue weighted by Crippen LogP contribution is 2.37. The van der Waals surface area contributed by atoms with Gasteiger partial charge in [0.25, 0.3) is 5.91 Å². The first-order valence-corrected chi connectivity index (χ1v) is 9.56. The number of hydrogen-bond acceptors (Lipinski definition) is 4. The van der Waals surface area contributed by atoms with Crippen molar-refractivity contribution in [1.82, 2.24) is 9.78 Å². The molecule has 0 N–H and O–H groups in total. The summed E-state index contributed by atoms with van der Waals surface area (Å²) in [5.41, 5.74) is 0.484. The number of ether oxygens (including phenoxy) is 2. The van der Waals surface area contributed by atoms with Crippen LogP contribution in [0.5, 0.6) is 11.5 Å². The SMILES string of the molecule is Cc1c(Br)c(C(F)(F)F)nn1-c1cccc(C(=O)N(C)c2ccc3c(c2)OCO3)c1. The number of anilines is 1. The number of fused-ring (bicyclic) bond motifs is 1. The van der Waals surface area contributed by atoms with Crippen molar-refractivity contribution in [3.05, 3.63) is 63.9 Å². The third-order valence-corrected chi connectivity index (χ3v) is 5.65. The Balaban J connectivity index is 1.66. The molecular formula is C20H15BrF3N3O3. The second-order valence-electron chi connectivity index (χ2n) is 6.61. The predicted molar refractivity (Wildman–Crippen MR) is 106 cm³/mol. The zero-order chi connectivity index (χ0) is 21.6. The zero-order valence-electron chi connectivity index (χ0n) is 15.8. The van der Waals surface area contributed by atoms with Gasteiger partial charge in [0.2, 0.25) is 6.79 Å². The van der Waals surface area contributed by atoms with E-state index in [2.05, 4.69) is 21.0 Å². The molecule has 0 radical (unpaired) electrons. The first-order chi connectivity index (χ1) is 14.2. The molecule has 156 valence electrons. The van der Waals surface area contributed by atoms with Gasteiger partial charge in [0, 0.05) is 24.4 Å². The smallest absolute Gasteiger partial charge is 0.436 e. The topological polar surface area (TPSA) is 56.6 Å². The van der Waals surface area contributed by atoms with E-state index in [-0.39, 0.29) is 22.9 Å². The third kappa shape index (κ3) is 3.51. The summed E-state index contributed by atoms with van der Waals surface area (Å²) in [6.07, 6.45) is -4.60. The fourth-order valence-corrected chi connectivity index (χ4v) is 3.56. The van der Waals surface area contributed by atoms with Gasteiger partial charge in [0.15, 0.2) is 17.2 Å². The summed E-state index contributed by atoms with van der Waals surface area (Å²) >= 11 is 2.96. The van der Waals surface area contributed by atoms with Gasteiger partial charge >= 0.3 is 6.18 Å². The Hall–Kier alpha value is -3.01. The number of nitrogens with zero attached hydrogens (tertiary/aromatic N) is 3. The molecule has 10 heteroatoms. The Bertz CT molecular complexity index is 1140. The highest BCUT2D eigenvalue weighted by molar-refractivity contribution is 9.10. The van der Waals surface area contributed by atoms with E-state index in [0.717, 1.165) is 4.68 Å². The number of aromatic nitrogens is 2. The number of halogens is 4. The van der Waals surface area contributed by atoms with Crippen LogP contribution in [0.1, 0.15) is 21.7 Å². The van der Waals surface area contributed by atoms with Crippen molar-refractivity contribution in [3.63, 3.8) is 0 Å². The first-order valence-electron chi connectivity index (χ1n) is 8.77. The summed E-state index contributed by atoms with van der Waals surface area (Å²) in [6.45, 7) is 1.64. The Morgan fingerprint density at radius 3 is 2.60 bits per heavy atom. The number of amides is 1. The van der Waals surface area contributed by atoms with Crippen LogP contribution in [-0.4, -0.2) is 29.5 Å². The molecule has 0 unspecified atom stereocenters. The molecule has 0 atom stereocenters. The van der Waals surface area contributed by atoms with Crippen molar-refractivity contribution in [1.29, 1.82) is 0 Å². The summed E-state index contributed by atoms with van der Waals surface area (Å²) in [5.74, 6) is 0.801. The van der Waals surface area contributed by atoms with E-state index < -0.39 is 11.9 Å². The molecular weight excluding hydrogens is 467 g/mol. The van der Waals surface area contributed by atoms with Gasteiger partial charge in [0.1, 0.15) is 0 Å². The molecule has 1 aliphatic heterocycles. The van der Waals surface area contributed by atoms with E-state index >= 15 is 0 Å². The first kappa shape index (κ1) is 20.3. The van der Waals surface area contributed by atoms with Gasteiger partial charge in [-0.1, -0.05) is 6.07 Å². The Morgan fingerprint density at radius 1 is 1.17 bits per heavy atom. The molecule has 30 heavy (non-hydrogen) atoms. The van der Waals surface area contributed by atoms with Crippen LogP contribution in [0.25, 0.3) is 5.69 Å². The van der Waals surface area contributed by atoms with E-state index in [1.165, 1.54) is 17.9 Å². The van der Waals surface area contributed by atoms with Gasteiger partial charge in [-0.3, -0.25) is 4.79 Å². The highest BCUT2D eigenvalue weighted by Gasteiger charge is 2.38. The fourth-order valence-electron chi connectivity index (χ4n) is 3.09. The summed E-state index contributed by atoms with van der Waals surface area (Å²) < 4.78 is 51.1. The van der Waals surface area contributed by atoms with Crippen LogP contribution in [-0.2, 0) is 6.18 Å². The van der Waals surface area contributed by atoms with Gasteiger partial charge < -0.3 is 14.4 Å². The van der Waals surface area contributed by atoms with Crippen LogP contribution < -0.4 is 14.4 Å². The van der Waals surface area contributed by atoms with Crippen molar-refractivity contribution < 1.29 is 27.4 Å². The fraction of sp³-hybridized carbons (Fsp3) is 0.200. The Morgan fingerprint density at radius 2 is 1.90 bits per heavy atom. The zero-order valence-corrected chi connectivity index (χ0v) is 17.4. The molecule has 4 rings (SSSR count). The lowest BCUT2D eigenvalue weighted by Gasteiger charge is -2.18. The number of carbonyl (C=O) groups excluding carboxylic acids is 1. The number of carbonyl (C=O) groups is 1. The maximum absolute atomic E-state index is 13.2. The molecule has 0 fully saturated rings. The van der Waals surface area contributed by atoms with Gasteiger partial charge in [0.05, 0.1) is 15.9 Å². The van der Waals surface area contributed by atoms with Gasteiger partial charge in [-0.05, 0) is 53.2 Å². The van der Waals surface area contributed by atoms with Crippen LogP contribution in [0.4, 0.5) is 18.9 Å². The average Bonchev–Trinajstić information content (AvgIpc) is 3.31. The van der Waals surface area contributed by atoms with E-state index in [1.54, 1.807) is 43.4 Å². The van der Waals surface area contributed by atoms with Crippen LogP contribution in [0.15, 0.2) is 46.9 Å². The van der Waals surface area contributed by atoms with Gasteiger partial charge in [-0.2, -0.15) is 18.3 Å². The van der Waals surface area contributed by atoms with Crippen LogP contribution >= 0.6 is 15.9 Å². The van der Waals surface area contributed by atoms with Crippen molar-refractivity contribution in [3.8, 4) is 17.2 Å². The largest absolute Gasteiger partial charge is 0.454 e. The van der Waals surface area contributed by atoms with E-state index in [9.17, 15) is 18.0 Å². The number of hydrogen-bond donors (Lipinski definition) is 0. The maximum Gasteiger partial charge on any atom is 0.436 e. The summed E-state index contributed by atoms with van der Waals surface area (Å²) in [6, 6.07) is 11.4. The van der Waals surface area contributed by atoms with Crippen molar-refractivity contribution in [2.75, 3.05) is 18.7 Å². The van der Waals surface area contributed by atoms with E-state index in [4.69, 9.17) is 9.47 Å². The lowest BCUT2D eigenvalue weighted by Crippen LogP contribution is -2.26. The van der Waals surface area contributed by atoms with E-state index in [1.807, 2.05) is 0 Å². The average molecular weight is 482 g/mol. The van der Waals surface area contributed by atoms with Crippen molar-refractivity contribution in [2.24, 2.45) is 0 Å². The molecule has 0 saturated carbocycles. The molecule has 2 aromatic carbocycles. The lowest BCUT2D eigenvalue weighted by molar-refractivity contribution is -0.141. The maximum atomic E-state index is 13.2. The summed E-state index contributed by atoms with van der Waals surface area (Å²) in [5, 5.41) is 3.68. The van der Waals surface area contributed by atoms with Crippen LogP contribution in [0.3, 0.4) is 0 Å². The molecule has 3 aromatic rings. The summed E-state index contributed by atoms with van der Waals surface area (Å²) in [4.78, 5) is 14.4. The molecule has 0 bridgehead atoms. The van der Waals surface area contributed by atoms with E-state index in [0.29, 0.717) is 28.4 Å². The second-order valence-corrected chi connectivity index (χ2v) is 7.40. The van der Waals surface area contributed by atoms with Crippen LogP contribution in [0, 0.1) is 6.92 Å². The monoisotopic (exact) mass is 481 g/mol. The van der Waals surface area contributed by atoms with Crippen molar-refractivity contribution in [2.45, 2.75) is 13.1 Å². The highest BCUT2D eigenvalue weighted by atomic mass is 79.9. The molecule has 0 aliphatic carbocycles. The minimum Gasteiger partial charge on any atom is -0.454 e. The minimum atomic E-state index is -4.60. The molecule has 2 heterocycles. The minimum absolute atomic E-state index is 0.122.